The van der Waals surface area contributed by atoms with E-state index < -0.39 is 0 Å². The number of aliphatic imine (C=N–C) groups is 1. The van der Waals surface area contributed by atoms with Crippen LogP contribution in [0.3, 0.4) is 0 Å². The molecule has 1 aliphatic heterocycles. The van der Waals surface area contributed by atoms with Crippen LogP contribution in [0.1, 0.15) is 11.1 Å². The van der Waals surface area contributed by atoms with Gasteiger partial charge in [-0.15, -0.1) is 5.10 Å². The average Bonchev–Trinajstić information content (AvgIpc) is 3.15. The van der Waals surface area contributed by atoms with Crippen LogP contribution < -0.4 is 4.90 Å². The number of anilines is 1. The summed E-state index contributed by atoms with van der Waals surface area (Å²) in [5.74, 6) is 0.188. The molecular formula is C18H14N4O2. The molecule has 0 N–H and O–H groups in total. The summed E-state index contributed by atoms with van der Waals surface area (Å²) < 4.78 is 5.58. The van der Waals surface area contributed by atoms with Gasteiger partial charge in [-0.25, -0.2) is 0 Å². The number of fused-ring (bicyclic) bond motifs is 1. The van der Waals surface area contributed by atoms with Gasteiger partial charge in [0.1, 0.15) is 5.71 Å². The Morgan fingerprint density at radius 1 is 1.08 bits per heavy atom. The molecule has 0 atom stereocenters. The van der Waals surface area contributed by atoms with Crippen LogP contribution in [-0.4, -0.2) is 28.9 Å². The van der Waals surface area contributed by atoms with Crippen molar-refractivity contribution in [2.24, 2.45) is 4.99 Å². The van der Waals surface area contributed by atoms with Crippen molar-refractivity contribution in [2.45, 2.75) is 6.92 Å². The number of aromatic nitrogens is 2. The first-order valence-electron chi connectivity index (χ1n) is 7.50. The van der Waals surface area contributed by atoms with Gasteiger partial charge in [-0.2, -0.15) is 4.99 Å². The van der Waals surface area contributed by atoms with Crippen LogP contribution in [0.15, 0.2) is 57.9 Å². The van der Waals surface area contributed by atoms with Crippen LogP contribution in [0, 0.1) is 6.92 Å². The highest BCUT2D eigenvalue weighted by Gasteiger charge is 2.32. The number of hydrogen-bond donors (Lipinski definition) is 0. The van der Waals surface area contributed by atoms with E-state index in [0.717, 1.165) is 22.4 Å². The molecule has 1 amide bonds. The lowest BCUT2D eigenvalue weighted by Crippen LogP contribution is -2.25. The topological polar surface area (TPSA) is 71.6 Å². The SMILES string of the molecule is Cc1ccc2c(c1)C(=Nc1nnc(-c3ccccc3)o1)C(=O)N2C. The number of rotatable bonds is 2. The normalized spacial score (nSPS) is 15.2. The zero-order valence-corrected chi connectivity index (χ0v) is 13.2. The maximum Gasteiger partial charge on any atom is 0.343 e. The van der Waals surface area contributed by atoms with Gasteiger partial charge in [-0.1, -0.05) is 34.9 Å². The number of benzene rings is 2. The lowest BCUT2D eigenvalue weighted by molar-refractivity contribution is -0.111. The van der Waals surface area contributed by atoms with Crippen LogP contribution in [-0.2, 0) is 4.79 Å². The van der Waals surface area contributed by atoms with Crippen LogP contribution >= 0.6 is 0 Å². The fourth-order valence-corrected chi connectivity index (χ4v) is 2.68. The van der Waals surface area contributed by atoms with Gasteiger partial charge in [0.05, 0.1) is 5.69 Å². The second kappa shape index (κ2) is 5.42. The zero-order valence-electron chi connectivity index (χ0n) is 13.2. The van der Waals surface area contributed by atoms with Gasteiger partial charge < -0.3 is 9.32 Å². The van der Waals surface area contributed by atoms with E-state index in [1.807, 2.05) is 55.5 Å². The maximum atomic E-state index is 12.5. The smallest absolute Gasteiger partial charge is 0.343 e. The fraction of sp³-hybridized carbons (Fsp3) is 0.111. The molecule has 0 aliphatic carbocycles. The Morgan fingerprint density at radius 2 is 1.88 bits per heavy atom. The van der Waals surface area contributed by atoms with Crippen molar-refractivity contribution >= 4 is 23.3 Å². The van der Waals surface area contributed by atoms with Crippen LogP contribution in [0.2, 0.25) is 0 Å². The number of aryl methyl sites for hydroxylation is 1. The van der Waals surface area contributed by atoms with Gasteiger partial charge in [0.2, 0.25) is 5.89 Å². The second-order valence-electron chi connectivity index (χ2n) is 5.60. The molecule has 118 valence electrons. The van der Waals surface area contributed by atoms with Crippen molar-refractivity contribution in [1.82, 2.24) is 10.2 Å². The summed E-state index contributed by atoms with van der Waals surface area (Å²) in [6.45, 7) is 1.97. The van der Waals surface area contributed by atoms with E-state index in [0.29, 0.717) is 11.6 Å². The lowest BCUT2D eigenvalue weighted by atomic mass is 10.1. The number of carbonyl (C=O) groups is 1. The third-order valence-corrected chi connectivity index (χ3v) is 3.92. The maximum absolute atomic E-state index is 12.5. The van der Waals surface area contributed by atoms with Gasteiger partial charge in [0.15, 0.2) is 0 Å². The molecule has 2 aromatic carbocycles. The van der Waals surface area contributed by atoms with E-state index in [2.05, 4.69) is 15.2 Å². The van der Waals surface area contributed by atoms with Crippen LogP contribution in [0.4, 0.5) is 11.7 Å². The monoisotopic (exact) mass is 318 g/mol. The minimum atomic E-state index is -0.185. The third-order valence-electron chi connectivity index (χ3n) is 3.92. The van der Waals surface area contributed by atoms with Crippen molar-refractivity contribution in [3.63, 3.8) is 0 Å². The first-order chi connectivity index (χ1) is 11.6. The van der Waals surface area contributed by atoms with E-state index in [1.54, 1.807) is 11.9 Å². The zero-order chi connectivity index (χ0) is 16.7. The Hall–Kier alpha value is -3.28. The molecule has 4 rings (SSSR count). The molecule has 0 fully saturated rings. The van der Waals surface area contributed by atoms with Gasteiger partial charge in [-0.3, -0.25) is 4.79 Å². The summed E-state index contributed by atoms with van der Waals surface area (Å²) in [6, 6.07) is 15.3. The Morgan fingerprint density at radius 3 is 2.67 bits per heavy atom. The molecule has 1 aliphatic rings. The first-order valence-corrected chi connectivity index (χ1v) is 7.50. The average molecular weight is 318 g/mol. The van der Waals surface area contributed by atoms with Crippen molar-refractivity contribution in [1.29, 1.82) is 0 Å². The van der Waals surface area contributed by atoms with E-state index in [1.165, 1.54) is 0 Å². The van der Waals surface area contributed by atoms with Crippen molar-refractivity contribution in [2.75, 3.05) is 11.9 Å². The standard InChI is InChI=1S/C18H14N4O2/c1-11-8-9-14-13(10-11)15(17(23)22(14)2)19-18-21-20-16(24-18)12-6-4-3-5-7-12/h3-10H,1-2H3. The Kier molecular flexibility index (Phi) is 3.23. The number of nitrogens with zero attached hydrogens (tertiary/aromatic N) is 4. The minimum Gasteiger partial charge on any atom is -0.402 e. The molecule has 0 bridgehead atoms. The summed E-state index contributed by atoms with van der Waals surface area (Å²) in [5, 5.41) is 7.93. The Balaban J connectivity index is 1.76. The Labute approximate surface area is 138 Å². The third kappa shape index (κ3) is 2.28. The highest BCUT2D eigenvalue weighted by molar-refractivity contribution is 6.54. The largest absolute Gasteiger partial charge is 0.402 e. The fourth-order valence-electron chi connectivity index (χ4n) is 2.68. The molecule has 24 heavy (non-hydrogen) atoms. The Bertz CT molecular complexity index is 960. The lowest BCUT2D eigenvalue weighted by Gasteiger charge is -2.08. The molecule has 3 aromatic rings. The van der Waals surface area contributed by atoms with Crippen LogP contribution in [0.5, 0.6) is 0 Å². The number of amides is 1. The predicted octanol–water partition coefficient (Wildman–Crippen LogP) is 3.14. The summed E-state index contributed by atoms with van der Waals surface area (Å²) in [4.78, 5) is 18.3. The molecule has 0 spiro atoms. The van der Waals surface area contributed by atoms with Crippen molar-refractivity contribution in [3.05, 3.63) is 59.7 Å². The number of likely N-dealkylation sites (N-methyl/N-ethyl adjacent to an activating group) is 1. The van der Waals surface area contributed by atoms with Gasteiger partial charge >= 0.3 is 6.01 Å². The van der Waals surface area contributed by atoms with E-state index >= 15 is 0 Å². The van der Waals surface area contributed by atoms with Gasteiger partial charge in [0.25, 0.3) is 5.91 Å². The quantitative estimate of drug-likeness (QED) is 0.727. The highest BCUT2D eigenvalue weighted by Crippen LogP contribution is 2.30. The summed E-state index contributed by atoms with van der Waals surface area (Å²) in [7, 11) is 1.72. The van der Waals surface area contributed by atoms with E-state index in [4.69, 9.17) is 4.42 Å². The summed E-state index contributed by atoms with van der Waals surface area (Å²) in [5.41, 5.74) is 3.79. The molecule has 2 heterocycles. The molecule has 1 aromatic heterocycles. The second-order valence-corrected chi connectivity index (χ2v) is 5.60. The molecule has 0 saturated heterocycles. The molecule has 6 nitrogen and oxygen atoms in total. The molecule has 0 saturated carbocycles. The number of carbonyl (C=O) groups excluding carboxylic acids is 1. The van der Waals surface area contributed by atoms with E-state index in [-0.39, 0.29) is 11.9 Å². The molecule has 0 radical (unpaired) electrons. The summed E-state index contributed by atoms with van der Waals surface area (Å²) in [6.07, 6.45) is 0. The van der Waals surface area contributed by atoms with Crippen LogP contribution in [0.25, 0.3) is 11.5 Å². The van der Waals surface area contributed by atoms with Gasteiger partial charge in [0, 0.05) is 18.2 Å². The molecule has 6 heteroatoms. The molecule has 0 unspecified atom stereocenters. The van der Waals surface area contributed by atoms with E-state index in [9.17, 15) is 4.79 Å². The van der Waals surface area contributed by atoms with Crippen molar-refractivity contribution < 1.29 is 9.21 Å². The minimum absolute atomic E-state index is 0.0694. The predicted molar refractivity (Wildman–Crippen MR) is 90.5 cm³/mol. The number of hydrogen-bond acceptors (Lipinski definition) is 5. The van der Waals surface area contributed by atoms with Gasteiger partial charge in [-0.05, 0) is 31.2 Å². The first kappa shape index (κ1) is 14.3. The van der Waals surface area contributed by atoms with Crippen molar-refractivity contribution in [3.8, 4) is 11.5 Å². The summed E-state index contributed by atoms with van der Waals surface area (Å²) >= 11 is 0. The highest BCUT2D eigenvalue weighted by atomic mass is 16.4. The molecular weight excluding hydrogens is 304 g/mol.